The third kappa shape index (κ3) is 2.99. The number of hydrogen-bond acceptors (Lipinski definition) is 5. The van der Waals surface area contributed by atoms with Crippen molar-refractivity contribution in [3.8, 4) is 6.01 Å². The molecule has 2 fully saturated rings. The lowest BCUT2D eigenvalue weighted by molar-refractivity contribution is 0.0742. The number of carbonyl (C=O) groups is 1. The zero-order valence-electron chi connectivity index (χ0n) is 14.7. The van der Waals surface area contributed by atoms with Gasteiger partial charge in [0, 0.05) is 44.1 Å². The van der Waals surface area contributed by atoms with Gasteiger partial charge in [0.1, 0.15) is 0 Å². The van der Waals surface area contributed by atoms with Crippen molar-refractivity contribution in [3.05, 3.63) is 35.9 Å². The van der Waals surface area contributed by atoms with E-state index in [9.17, 15) is 4.79 Å². The molecule has 0 bridgehead atoms. The van der Waals surface area contributed by atoms with E-state index < -0.39 is 0 Å². The first-order valence-corrected chi connectivity index (χ1v) is 8.75. The predicted octanol–water partition coefficient (Wildman–Crippen LogP) is 1.84. The Morgan fingerprint density at radius 3 is 2.88 bits per heavy atom. The second-order valence-electron chi connectivity index (χ2n) is 7.37. The highest BCUT2D eigenvalue weighted by atomic mass is 16.5. The van der Waals surface area contributed by atoms with Crippen molar-refractivity contribution in [3.63, 3.8) is 0 Å². The van der Waals surface area contributed by atoms with Crippen molar-refractivity contribution >= 4 is 5.91 Å². The molecule has 7 nitrogen and oxygen atoms in total. The standard InChI is InChI=1S/C18H23N5O2/c1-13-6-19-17(20-7-13)25-12-18-5-3-4-15(18)10-23(11-18)16(24)14-8-21-22(2)9-14/h6-9,15H,3-5,10-12H2,1-2H3. The molecule has 2 atom stereocenters. The number of rotatable bonds is 4. The number of carbonyl (C=O) groups excluding carboxylic acids is 1. The minimum absolute atomic E-state index is 0.0200. The molecule has 1 saturated heterocycles. The third-order valence-corrected chi connectivity index (χ3v) is 5.52. The molecular weight excluding hydrogens is 318 g/mol. The molecule has 2 aromatic rings. The molecule has 2 unspecified atom stereocenters. The maximum Gasteiger partial charge on any atom is 0.316 e. The zero-order valence-corrected chi connectivity index (χ0v) is 14.7. The van der Waals surface area contributed by atoms with Gasteiger partial charge in [-0.15, -0.1) is 0 Å². The van der Waals surface area contributed by atoms with E-state index in [1.54, 1.807) is 29.5 Å². The van der Waals surface area contributed by atoms with Gasteiger partial charge in [-0.25, -0.2) is 9.97 Å². The van der Waals surface area contributed by atoms with Crippen molar-refractivity contribution in [1.29, 1.82) is 0 Å². The van der Waals surface area contributed by atoms with E-state index in [1.807, 2.05) is 18.9 Å². The molecule has 0 radical (unpaired) electrons. The van der Waals surface area contributed by atoms with E-state index in [2.05, 4.69) is 15.1 Å². The first-order valence-electron chi connectivity index (χ1n) is 8.75. The number of likely N-dealkylation sites (tertiary alicyclic amines) is 1. The smallest absolute Gasteiger partial charge is 0.316 e. The van der Waals surface area contributed by atoms with Crippen LogP contribution in [0.15, 0.2) is 24.8 Å². The van der Waals surface area contributed by atoms with Crippen LogP contribution in [-0.2, 0) is 7.05 Å². The Bertz CT molecular complexity index is 772. The Morgan fingerprint density at radius 2 is 2.16 bits per heavy atom. The maximum absolute atomic E-state index is 12.8. The summed E-state index contributed by atoms with van der Waals surface area (Å²) >= 11 is 0. The summed E-state index contributed by atoms with van der Waals surface area (Å²) in [5.74, 6) is 0.548. The summed E-state index contributed by atoms with van der Waals surface area (Å²) in [6.07, 6.45) is 10.4. The first-order chi connectivity index (χ1) is 12.1. The van der Waals surface area contributed by atoms with Gasteiger partial charge < -0.3 is 9.64 Å². The van der Waals surface area contributed by atoms with Crippen LogP contribution in [0.25, 0.3) is 0 Å². The Hall–Kier alpha value is -2.44. The van der Waals surface area contributed by atoms with Crippen molar-refractivity contribution in [2.24, 2.45) is 18.4 Å². The Morgan fingerprint density at radius 1 is 1.36 bits per heavy atom. The normalized spacial score (nSPS) is 25.2. The fourth-order valence-corrected chi connectivity index (χ4v) is 4.18. The summed E-state index contributed by atoms with van der Waals surface area (Å²) in [4.78, 5) is 23.2. The summed E-state index contributed by atoms with van der Waals surface area (Å²) in [7, 11) is 1.83. The maximum atomic E-state index is 12.8. The van der Waals surface area contributed by atoms with Gasteiger partial charge in [0.2, 0.25) is 0 Å². The van der Waals surface area contributed by atoms with E-state index >= 15 is 0 Å². The largest absolute Gasteiger partial charge is 0.463 e. The number of nitrogens with zero attached hydrogens (tertiary/aromatic N) is 5. The van der Waals surface area contributed by atoms with E-state index in [4.69, 9.17) is 4.74 Å². The third-order valence-electron chi connectivity index (χ3n) is 5.52. The van der Waals surface area contributed by atoms with Crippen LogP contribution in [0.4, 0.5) is 0 Å². The van der Waals surface area contributed by atoms with Gasteiger partial charge in [0.05, 0.1) is 18.4 Å². The Balaban J connectivity index is 1.46. The molecule has 0 spiro atoms. The summed E-state index contributed by atoms with van der Waals surface area (Å²) in [6, 6.07) is 0.419. The van der Waals surface area contributed by atoms with E-state index in [0.29, 0.717) is 24.1 Å². The topological polar surface area (TPSA) is 73.1 Å². The second-order valence-corrected chi connectivity index (χ2v) is 7.37. The monoisotopic (exact) mass is 341 g/mol. The van der Waals surface area contributed by atoms with E-state index in [-0.39, 0.29) is 11.3 Å². The number of ether oxygens (including phenoxy) is 1. The van der Waals surface area contributed by atoms with E-state index in [1.165, 1.54) is 6.42 Å². The number of aryl methyl sites for hydroxylation is 2. The lowest BCUT2D eigenvalue weighted by atomic mass is 9.82. The molecule has 2 aromatic heterocycles. The highest BCUT2D eigenvalue weighted by Crippen LogP contribution is 2.49. The van der Waals surface area contributed by atoms with Gasteiger partial charge in [0.15, 0.2) is 0 Å². The SMILES string of the molecule is Cc1cnc(OCC23CCCC2CN(C(=O)c2cnn(C)c2)C3)nc1. The molecule has 1 amide bonds. The highest BCUT2D eigenvalue weighted by molar-refractivity contribution is 5.94. The summed E-state index contributed by atoms with van der Waals surface area (Å²) in [6.45, 7) is 4.05. The highest BCUT2D eigenvalue weighted by Gasteiger charge is 2.51. The van der Waals surface area contributed by atoms with Crippen LogP contribution >= 0.6 is 0 Å². The van der Waals surface area contributed by atoms with Gasteiger partial charge in [0.25, 0.3) is 5.91 Å². The lowest BCUT2D eigenvalue weighted by Gasteiger charge is -2.28. The van der Waals surface area contributed by atoms with Gasteiger partial charge in [-0.3, -0.25) is 9.48 Å². The Kier molecular flexibility index (Phi) is 3.94. The molecule has 1 aliphatic heterocycles. The zero-order chi connectivity index (χ0) is 17.4. The fraction of sp³-hybridized carbons (Fsp3) is 0.556. The average Bonchev–Trinajstić information content (AvgIpc) is 3.27. The molecule has 1 saturated carbocycles. The molecule has 2 aliphatic rings. The van der Waals surface area contributed by atoms with Crippen LogP contribution in [0.5, 0.6) is 6.01 Å². The van der Waals surface area contributed by atoms with Crippen molar-refractivity contribution in [1.82, 2.24) is 24.6 Å². The number of hydrogen-bond donors (Lipinski definition) is 0. The van der Waals surface area contributed by atoms with Crippen LogP contribution < -0.4 is 4.74 Å². The molecule has 1 aliphatic carbocycles. The summed E-state index contributed by atoms with van der Waals surface area (Å²) < 4.78 is 7.58. The number of amides is 1. The molecule has 132 valence electrons. The average molecular weight is 341 g/mol. The van der Waals surface area contributed by atoms with Gasteiger partial charge >= 0.3 is 6.01 Å². The second kappa shape index (κ2) is 6.13. The molecule has 3 heterocycles. The van der Waals surface area contributed by atoms with Gasteiger partial charge in [-0.1, -0.05) is 6.42 Å². The summed E-state index contributed by atoms with van der Waals surface area (Å²) in [5.41, 5.74) is 1.69. The number of fused-ring (bicyclic) bond motifs is 1. The molecule has 0 N–H and O–H groups in total. The molecule has 7 heteroatoms. The van der Waals surface area contributed by atoms with Crippen LogP contribution in [-0.4, -0.2) is 50.3 Å². The molecule has 25 heavy (non-hydrogen) atoms. The van der Waals surface area contributed by atoms with Crippen LogP contribution in [0.3, 0.4) is 0 Å². The Labute approximate surface area is 147 Å². The van der Waals surface area contributed by atoms with Gasteiger partial charge in [-0.2, -0.15) is 5.10 Å². The molecular formula is C18H23N5O2. The van der Waals surface area contributed by atoms with Gasteiger partial charge in [-0.05, 0) is 31.2 Å². The quantitative estimate of drug-likeness (QED) is 0.848. The van der Waals surface area contributed by atoms with Crippen molar-refractivity contribution in [2.75, 3.05) is 19.7 Å². The van der Waals surface area contributed by atoms with Crippen molar-refractivity contribution < 1.29 is 9.53 Å². The predicted molar refractivity (Wildman–Crippen MR) is 91.1 cm³/mol. The molecule has 4 rings (SSSR count). The first kappa shape index (κ1) is 16.1. The van der Waals surface area contributed by atoms with Crippen LogP contribution in [0.2, 0.25) is 0 Å². The van der Waals surface area contributed by atoms with Crippen LogP contribution in [0, 0.1) is 18.3 Å². The minimum atomic E-state index is 0.0200. The number of aromatic nitrogens is 4. The van der Waals surface area contributed by atoms with E-state index in [0.717, 1.165) is 31.5 Å². The fourth-order valence-electron chi connectivity index (χ4n) is 4.18. The minimum Gasteiger partial charge on any atom is -0.463 e. The summed E-state index contributed by atoms with van der Waals surface area (Å²) in [5, 5.41) is 4.11. The van der Waals surface area contributed by atoms with Crippen molar-refractivity contribution in [2.45, 2.75) is 26.2 Å². The molecule has 0 aromatic carbocycles. The lowest BCUT2D eigenvalue weighted by Crippen LogP contribution is -2.35. The van der Waals surface area contributed by atoms with Crippen LogP contribution in [0.1, 0.15) is 35.2 Å².